The van der Waals surface area contributed by atoms with E-state index < -0.39 is 0 Å². The van der Waals surface area contributed by atoms with Gasteiger partial charge >= 0.3 is 0 Å². The summed E-state index contributed by atoms with van der Waals surface area (Å²) in [6.07, 6.45) is 0.143. The van der Waals surface area contributed by atoms with Crippen molar-refractivity contribution in [1.29, 1.82) is 0 Å². The van der Waals surface area contributed by atoms with Crippen LogP contribution in [-0.4, -0.2) is 12.3 Å². The fourth-order valence-corrected chi connectivity index (χ4v) is 0.924. The molecule has 0 amide bonds. The molecule has 0 spiro atoms. The van der Waals surface area contributed by atoms with Crippen LogP contribution in [0, 0.1) is 0 Å². The number of rotatable bonds is 1. The van der Waals surface area contributed by atoms with E-state index in [1.54, 1.807) is 25.3 Å². The minimum absolute atomic E-state index is 0.143. The molecule has 0 unspecified atom stereocenters. The summed E-state index contributed by atoms with van der Waals surface area (Å²) in [7, 11) is 1.58. The first-order valence-corrected chi connectivity index (χ1v) is 3.21. The summed E-state index contributed by atoms with van der Waals surface area (Å²) in [4.78, 5) is 0. The molecule has 0 saturated carbocycles. The van der Waals surface area contributed by atoms with Gasteiger partial charge in [0, 0.05) is 5.39 Å². The molecule has 0 bridgehead atoms. The molecular weight excluding hydrogens is 142 g/mol. The van der Waals surface area contributed by atoms with E-state index in [1.807, 2.05) is 0 Å². The molecule has 2 aromatic rings. The van der Waals surface area contributed by atoms with Crippen molar-refractivity contribution in [2.45, 2.75) is 0 Å². The Kier molecular flexibility index (Phi) is 1.07. The topological polar surface area (TPSA) is 35.3 Å². The number of nitrogens with zero attached hydrogens (tertiary/aromatic N) is 1. The monoisotopic (exact) mass is 150 g/mol. The van der Waals surface area contributed by atoms with Crippen LogP contribution in [0.2, 0.25) is 0 Å². The van der Waals surface area contributed by atoms with Gasteiger partial charge in [-0.05, 0) is 18.2 Å². The van der Waals surface area contributed by atoms with Crippen LogP contribution in [0.15, 0.2) is 28.9 Å². The lowest BCUT2D eigenvalue weighted by Crippen LogP contribution is -1.79. The summed E-state index contributed by atoms with van der Waals surface area (Å²) in [5, 5.41) is 4.18. The normalized spacial score (nSPS) is 11.5. The van der Waals surface area contributed by atoms with Crippen LogP contribution in [0.4, 0.5) is 0 Å². The molecule has 11 heavy (non-hydrogen) atoms. The first kappa shape index (κ1) is 5.18. The van der Waals surface area contributed by atoms with Gasteiger partial charge in [-0.2, -0.15) is 0 Å². The molecule has 0 atom stereocenters. The van der Waals surface area contributed by atoms with Crippen molar-refractivity contribution < 1.29 is 10.6 Å². The first-order chi connectivity index (χ1) is 5.81. The minimum Gasteiger partial charge on any atom is -0.497 e. The number of ether oxygens (including phenoxy) is 1. The quantitative estimate of drug-likeness (QED) is 0.622. The molecule has 0 saturated heterocycles. The maximum Gasteiger partial charge on any atom is 0.167 e. The van der Waals surface area contributed by atoms with Crippen molar-refractivity contribution in [3.8, 4) is 5.75 Å². The molecule has 0 radical (unpaired) electrons. The fraction of sp³-hybridized carbons (Fsp3) is 0.125. The molecule has 3 nitrogen and oxygen atoms in total. The van der Waals surface area contributed by atoms with Crippen LogP contribution in [0.5, 0.6) is 5.75 Å². The summed E-state index contributed by atoms with van der Waals surface area (Å²) >= 11 is 0. The summed E-state index contributed by atoms with van der Waals surface area (Å²) < 4.78 is 17.2. The van der Waals surface area contributed by atoms with Crippen LogP contribution >= 0.6 is 0 Å². The zero-order valence-corrected chi connectivity index (χ0v) is 6.00. The summed E-state index contributed by atoms with van der Waals surface area (Å²) in [5.74, 6) is 0.708. The van der Waals surface area contributed by atoms with Crippen molar-refractivity contribution in [3.63, 3.8) is 0 Å². The van der Waals surface area contributed by atoms with Crippen molar-refractivity contribution in [2.24, 2.45) is 0 Å². The molecule has 0 aliphatic carbocycles. The Balaban J connectivity index is 2.71. The molecule has 0 N–H and O–H groups in total. The average Bonchev–Trinajstić information content (AvgIpc) is 2.47. The predicted octanol–water partition coefficient (Wildman–Crippen LogP) is 1.84. The number of benzene rings is 1. The van der Waals surface area contributed by atoms with Crippen molar-refractivity contribution in [3.05, 3.63) is 24.4 Å². The Labute approximate surface area is 65.0 Å². The van der Waals surface area contributed by atoms with Gasteiger partial charge in [0.25, 0.3) is 0 Å². The maximum absolute atomic E-state index is 7.36. The average molecular weight is 150 g/mol. The summed E-state index contributed by atoms with van der Waals surface area (Å²) in [5.41, 5.74) is 0.612. The fourth-order valence-electron chi connectivity index (χ4n) is 0.924. The van der Waals surface area contributed by atoms with Crippen LogP contribution in [0.3, 0.4) is 0 Å². The zero-order chi connectivity index (χ0) is 8.55. The largest absolute Gasteiger partial charge is 0.497 e. The third kappa shape index (κ3) is 0.941. The highest BCUT2D eigenvalue weighted by atomic mass is 16.5. The second-order valence-electron chi connectivity index (χ2n) is 2.16. The van der Waals surface area contributed by atoms with Crippen LogP contribution in [-0.2, 0) is 0 Å². The van der Waals surface area contributed by atoms with Gasteiger partial charge in [-0.3, -0.25) is 0 Å². The van der Waals surface area contributed by atoms with Gasteiger partial charge in [0.2, 0.25) is 0 Å². The molecule has 2 rings (SSSR count). The molecule has 0 aliphatic heterocycles. The summed E-state index contributed by atoms with van der Waals surface area (Å²) in [6.45, 7) is 0. The number of methoxy groups -OCH3 is 1. The van der Waals surface area contributed by atoms with Gasteiger partial charge in [-0.25, -0.2) is 0 Å². The third-order valence-electron chi connectivity index (χ3n) is 1.50. The van der Waals surface area contributed by atoms with Gasteiger partial charge in [-0.15, -0.1) is 0 Å². The Morgan fingerprint density at radius 3 is 3.36 bits per heavy atom. The molecule has 3 heteroatoms. The van der Waals surface area contributed by atoms with Crippen LogP contribution in [0.1, 0.15) is 1.37 Å². The Bertz CT molecular complexity index is 410. The van der Waals surface area contributed by atoms with Crippen LogP contribution < -0.4 is 4.74 Å². The molecule has 0 fully saturated rings. The predicted molar refractivity (Wildman–Crippen MR) is 40.6 cm³/mol. The van der Waals surface area contributed by atoms with Crippen molar-refractivity contribution >= 4 is 11.0 Å². The van der Waals surface area contributed by atoms with E-state index in [2.05, 4.69) is 5.16 Å². The van der Waals surface area contributed by atoms with Gasteiger partial charge < -0.3 is 9.26 Å². The molecule has 1 heterocycles. The third-order valence-corrected chi connectivity index (χ3v) is 1.50. The molecule has 1 aromatic carbocycles. The lowest BCUT2D eigenvalue weighted by molar-refractivity contribution is 0.415. The SMILES string of the molecule is [2H]c1noc2ccc(OC)cc12. The van der Waals surface area contributed by atoms with Gasteiger partial charge in [0.1, 0.15) is 5.75 Å². The van der Waals surface area contributed by atoms with Crippen molar-refractivity contribution in [1.82, 2.24) is 5.16 Å². The lowest BCUT2D eigenvalue weighted by Gasteiger charge is -1.95. The second kappa shape index (κ2) is 2.27. The van der Waals surface area contributed by atoms with E-state index in [9.17, 15) is 0 Å². The highest BCUT2D eigenvalue weighted by Crippen LogP contribution is 2.19. The van der Waals surface area contributed by atoms with E-state index in [0.29, 0.717) is 16.7 Å². The van der Waals surface area contributed by atoms with Gasteiger partial charge in [0.15, 0.2) is 5.58 Å². The smallest absolute Gasteiger partial charge is 0.167 e. The molecule has 56 valence electrons. The standard InChI is InChI=1S/C8H7NO2/c1-10-7-2-3-8-6(4-7)5-9-11-8/h2-5H,1H3/i5D. The van der Waals surface area contributed by atoms with Gasteiger partial charge in [-0.1, -0.05) is 5.16 Å². The van der Waals surface area contributed by atoms with E-state index in [1.165, 1.54) is 0 Å². The lowest BCUT2D eigenvalue weighted by atomic mass is 10.2. The molecule has 0 aliphatic rings. The maximum atomic E-state index is 7.36. The summed E-state index contributed by atoms with van der Waals surface area (Å²) in [6, 6.07) is 5.24. The van der Waals surface area contributed by atoms with E-state index in [0.717, 1.165) is 0 Å². The van der Waals surface area contributed by atoms with Gasteiger partial charge in [0.05, 0.1) is 14.7 Å². The number of fused-ring (bicyclic) bond motifs is 1. The Morgan fingerprint density at radius 2 is 2.55 bits per heavy atom. The first-order valence-electron chi connectivity index (χ1n) is 3.71. The van der Waals surface area contributed by atoms with Crippen LogP contribution in [0.25, 0.3) is 11.0 Å². The Hall–Kier alpha value is -1.51. The van der Waals surface area contributed by atoms with Crippen molar-refractivity contribution in [2.75, 3.05) is 7.11 Å². The number of hydrogen-bond donors (Lipinski definition) is 0. The minimum atomic E-state index is 0.143. The highest BCUT2D eigenvalue weighted by Gasteiger charge is 1.98. The zero-order valence-electron chi connectivity index (χ0n) is 7.00. The molecular formula is C8H7NO2. The highest BCUT2D eigenvalue weighted by molar-refractivity contribution is 5.77. The molecule has 1 aromatic heterocycles. The number of hydrogen-bond acceptors (Lipinski definition) is 3. The van der Waals surface area contributed by atoms with E-state index >= 15 is 0 Å². The second-order valence-corrected chi connectivity index (χ2v) is 2.16. The van der Waals surface area contributed by atoms with E-state index in [-0.39, 0.29) is 6.17 Å². The Morgan fingerprint density at radius 1 is 1.64 bits per heavy atom. The number of aromatic nitrogens is 1. The van der Waals surface area contributed by atoms with E-state index in [4.69, 9.17) is 10.6 Å².